The topological polar surface area (TPSA) is 83.5 Å². The third-order valence-electron chi connectivity index (χ3n) is 6.95. The number of rotatable bonds is 4. The van der Waals surface area contributed by atoms with Crippen LogP contribution < -0.4 is 23.7 Å². The molecule has 1 N–H and O–H groups in total. The van der Waals surface area contributed by atoms with Crippen LogP contribution in [0.5, 0.6) is 28.7 Å². The molecule has 6 rings (SSSR count). The van der Waals surface area contributed by atoms with Crippen LogP contribution in [0.15, 0.2) is 60.7 Å². The van der Waals surface area contributed by atoms with E-state index in [0.717, 1.165) is 5.56 Å². The highest BCUT2D eigenvalue weighted by atomic mass is 16.7. The van der Waals surface area contributed by atoms with Gasteiger partial charge >= 0.3 is 0 Å². The molecule has 0 bridgehead atoms. The van der Waals surface area contributed by atoms with E-state index in [4.69, 9.17) is 23.7 Å². The molecule has 1 fully saturated rings. The summed E-state index contributed by atoms with van der Waals surface area (Å²) in [6, 6.07) is 18.4. The number of ether oxygens (including phenoxy) is 5. The van der Waals surface area contributed by atoms with E-state index in [9.17, 15) is 9.90 Å². The monoisotopic (exact) mass is 446 g/mol. The van der Waals surface area contributed by atoms with Gasteiger partial charge in [-0.2, -0.15) is 0 Å². The predicted octanol–water partition coefficient (Wildman–Crippen LogP) is 3.66. The number of carbonyl (C=O) groups is 1. The molecule has 0 spiro atoms. The van der Waals surface area contributed by atoms with Crippen molar-refractivity contribution >= 4 is 5.78 Å². The van der Waals surface area contributed by atoms with Crippen molar-refractivity contribution in [2.45, 2.75) is 23.5 Å². The molecule has 33 heavy (non-hydrogen) atoms. The van der Waals surface area contributed by atoms with Crippen molar-refractivity contribution in [1.29, 1.82) is 0 Å². The fourth-order valence-electron chi connectivity index (χ4n) is 5.50. The predicted molar refractivity (Wildman–Crippen MR) is 117 cm³/mol. The average molecular weight is 446 g/mol. The highest BCUT2D eigenvalue weighted by molar-refractivity contribution is 5.97. The van der Waals surface area contributed by atoms with Crippen LogP contribution in [0.25, 0.3) is 0 Å². The van der Waals surface area contributed by atoms with Gasteiger partial charge in [-0.15, -0.1) is 0 Å². The first-order chi connectivity index (χ1) is 16.0. The third-order valence-corrected chi connectivity index (χ3v) is 6.95. The number of hydrogen-bond donors (Lipinski definition) is 1. The zero-order chi connectivity index (χ0) is 22.8. The van der Waals surface area contributed by atoms with Crippen LogP contribution in [0, 0.1) is 0 Å². The molecule has 7 nitrogen and oxygen atoms in total. The van der Waals surface area contributed by atoms with Gasteiger partial charge in [0.15, 0.2) is 28.5 Å². The lowest BCUT2D eigenvalue weighted by atomic mass is 9.71. The molecule has 0 saturated heterocycles. The number of ketones is 1. The molecule has 3 atom stereocenters. The van der Waals surface area contributed by atoms with Crippen LogP contribution in [0.1, 0.15) is 29.0 Å². The number of benzene rings is 3. The zero-order valence-corrected chi connectivity index (χ0v) is 18.2. The van der Waals surface area contributed by atoms with Gasteiger partial charge in [-0.3, -0.25) is 4.79 Å². The van der Waals surface area contributed by atoms with E-state index < -0.39 is 17.1 Å². The van der Waals surface area contributed by atoms with Crippen molar-refractivity contribution in [1.82, 2.24) is 0 Å². The maximum absolute atomic E-state index is 13.7. The molecule has 2 heterocycles. The van der Waals surface area contributed by atoms with Crippen molar-refractivity contribution < 1.29 is 33.6 Å². The van der Waals surface area contributed by atoms with Crippen molar-refractivity contribution in [2.75, 3.05) is 21.0 Å². The van der Waals surface area contributed by atoms with E-state index in [1.807, 2.05) is 36.4 Å². The highest BCUT2D eigenvalue weighted by Crippen LogP contribution is 2.67. The molecule has 168 valence electrons. The summed E-state index contributed by atoms with van der Waals surface area (Å²) in [4.78, 5) is 13.7. The first kappa shape index (κ1) is 19.9. The Morgan fingerprint density at radius 2 is 1.73 bits per heavy atom. The van der Waals surface area contributed by atoms with Gasteiger partial charge in [0.2, 0.25) is 6.79 Å². The molecule has 0 aromatic heterocycles. The zero-order valence-electron chi connectivity index (χ0n) is 18.2. The van der Waals surface area contributed by atoms with E-state index in [-0.39, 0.29) is 19.0 Å². The quantitative estimate of drug-likeness (QED) is 0.655. The van der Waals surface area contributed by atoms with Crippen LogP contribution in [-0.2, 0) is 16.0 Å². The fraction of sp³-hybridized carbons (Fsp3) is 0.269. The summed E-state index contributed by atoms with van der Waals surface area (Å²) in [5.41, 5.74) is -1.60. The third kappa shape index (κ3) is 2.45. The van der Waals surface area contributed by atoms with Crippen molar-refractivity contribution in [3.8, 4) is 28.7 Å². The first-order valence-corrected chi connectivity index (χ1v) is 10.7. The number of carbonyl (C=O) groups excluding carboxylic acids is 1. The van der Waals surface area contributed by atoms with Crippen LogP contribution in [0.3, 0.4) is 0 Å². The van der Waals surface area contributed by atoms with Crippen molar-refractivity contribution in [3.05, 3.63) is 77.4 Å². The molecule has 2 aliphatic heterocycles. The lowest BCUT2D eigenvalue weighted by Gasteiger charge is -2.39. The largest absolute Gasteiger partial charge is 0.496 e. The Balaban J connectivity index is 1.66. The summed E-state index contributed by atoms with van der Waals surface area (Å²) in [6.07, 6.45) is 0.101. The summed E-state index contributed by atoms with van der Waals surface area (Å²) in [5, 5.41) is 12.3. The van der Waals surface area contributed by atoms with Gasteiger partial charge in [0.05, 0.1) is 19.8 Å². The van der Waals surface area contributed by atoms with E-state index in [2.05, 4.69) is 0 Å². The van der Waals surface area contributed by atoms with Gasteiger partial charge in [0.1, 0.15) is 17.2 Å². The molecule has 2 unspecified atom stereocenters. The molecule has 1 saturated carbocycles. The lowest BCUT2D eigenvalue weighted by Crippen LogP contribution is -2.50. The van der Waals surface area contributed by atoms with Crippen molar-refractivity contribution in [2.24, 2.45) is 0 Å². The SMILES string of the molecule is COc1cc(OC)c2c(c1)OC1(c3ccc4c(c3)OCO4)C(c3ccccc3)CC(=O)[C@@]21O. The fourth-order valence-corrected chi connectivity index (χ4v) is 5.50. The molecule has 3 aromatic rings. The summed E-state index contributed by atoms with van der Waals surface area (Å²) in [7, 11) is 3.03. The maximum atomic E-state index is 13.7. The van der Waals surface area contributed by atoms with E-state index in [1.54, 1.807) is 24.3 Å². The molecular formula is C26H22O7. The molecule has 1 aliphatic carbocycles. The van der Waals surface area contributed by atoms with Gasteiger partial charge < -0.3 is 28.8 Å². The Kier molecular flexibility index (Phi) is 4.16. The van der Waals surface area contributed by atoms with Crippen LogP contribution in [-0.4, -0.2) is 31.9 Å². The molecule has 3 aromatic carbocycles. The van der Waals surface area contributed by atoms with Gasteiger partial charge in [-0.1, -0.05) is 36.4 Å². The minimum atomic E-state index is -1.98. The Labute approximate surface area is 190 Å². The van der Waals surface area contributed by atoms with E-state index in [0.29, 0.717) is 39.9 Å². The Hall–Kier alpha value is -3.71. The first-order valence-electron chi connectivity index (χ1n) is 10.7. The summed E-state index contributed by atoms with van der Waals surface area (Å²) < 4.78 is 28.8. The molecular weight excluding hydrogens is 424 g/mol. The minimum absolute atomic E-state index is 0.101. The Morgan fingerprint density at radius 1 is 0.939 bits per heavy atom. The van der Waals surface area contributed by atoms with Crippen molar-refractivity contribution in [3.63, 3.8) is 0 Å². The molecule has 0 amide bonds. The van der Waals surface area contributed by atoms with Gasteiger partial charge in [0.25, 0.3) is 0 Å². The maximum Gasteiger partial charge on any atom is 0.231 e. The molecule has 3 aliphatic rings. The summed E-state index contributed by atoms with van der Waals surface area (Å²) >= 11 is 0. The molecule has 7 heteroatoms. The standard InChI is InChI=1S/C26H22O7/c1-29-17-11-21(30-2)24-22(12-17)33-26(16-8-9-19-20(10-16)32-14-31-19)18(13-23(27)25(24,26)28)15-6-4-3-5-7-15/h3-12,18,28H,13-14H2,1-2H3/t18?,25-,26?/m1/s1. The average Bonchev–Trinajstić information content (AvgIpc) is 3.48. The van der Waals surface area contributed by atoms with Gasteiger partial charge in [0, 0.05) is 30.0 Å². The second kappa shape index (κ2) is 6.89. The van der Waals surface area contributed by atoms with Crippen LogP contribution in [0.2, 0.25) is 0 Å². The number of Topliss-reactive ketones (excluding diaryl/α,β-unsaturated/α-hetero) is 1. The number of methoxy groups -OCH3 is 2. The smallest absolute Gasteiger partial charge is 0.231 e. The number of hydrogen-bond acceptors (Lipinski definition) is 7. The lowest BCUT2D eigenvalue weighted by molar-refractivity contribution is -0.151. The Bertz CT molecular complexity index is 1270. The van der Waals surface area contributed by atoms with Gasteiger partial charge in [-0.05, 0) is 17.7 Å². The second-order valence-corrected chi connectivity index (χ2v) is 8.41. The number of aliphatic hydroxyl groups is 1. The second-order valence-electron chi connectivity index (χ2n) is 8.41. The highest BCUT2D eigenvalue weighted by Gasteiger charge is 2.74. The summed E-state index contributed by atoms with van der Waals surface area (Å²) in [5.74, 6) is 1.53. The van der Waals surface area contributed by atoms with Crippen LogP contribution >= 0.6 is 0 Å². The minimum Gasteiger partial charge on any atom is -0.496 e. The van der Waals surface area contributed by atoms with Gasteiger partial charge in [-0.25, -0.2) is 0 Å². The van der Waals surface area contributed by atoms with E-state index in [1.165, 1.54) is 14.2 Å². The normalized spacial score (nSPS) is 26.5. The van der Waals surface area contributed by atoms with Crippen LogP contribution in [0.4, 0.5) is 0 Å². The Morgan fingerprint density at radius 3 is 2.48 bits per heavy atom. The van der Waals surface area contributed by atoms with E-state index >= 15 is 0 Å². The number of fused-ring (bicyclic) bond motifs is 4. The molecule has 0 radical (unpaired) electrons. The summed E-state index contributed by atoms with van der Waals surface area (Å²) in [6.45, 7) is 0.114.